The van der Waals surface area contributed by atoms with E-state index in [-0.39, 0.29) is 0 Å². The third-order valence-electron chi connectivity index (χ3n) is 6.66. The van der Waals surface area contributed by atoms with Crippen LogP contribution in [0.2, 0.25) is 0 Å². The van der Waals surface area contributed by atoms with E-state index in [0.29, 0.717) is 11.9 Å². The largest absolute Gasteiger partial charge is 0.339 e. The lowest BCUT2D eigenvalue weighted by Gasteiger charge is -2.40. The first kappa shape index (κ1) is 19.2. The van der Waals surface area contributed by atoms with Crippen molar-refractivity contribution in [2.45, 2.75) is 37.4 Å². The monoisotopic (exact) mass is 377 g/mol. The van der Waals surface area contributed by atoms with Gasteiger partial charge >= 0.3 is 0 Å². The van der Waals surface area contributed by atoms with Crippen LogP contribution in [0.15, 0.2) is 54.6 Å². The molecule has 0 bridgehead atoms. The number of carbonyl (C=O) groups excluding carboxylic acids is 1. The van der Waals surface area contributed by atoms with Gasteiger partial charge in [-0.15, -0.1) is 0 Å². The number of benzene rings is 2. The Kier molecular flexibility index (Phi) is 5.26. The standard InChI is InChI=1S/C24H31N3O/c1-25(2)22-13-14-27(18-22)23(28)24(15-20-11-7-8-12-21(20)16-24)26(3)17-19-9-5-4-6-10-19/h4-12,22H,13-18H2,1-3H3. The summed E-state index contributed by atoms with van der Waals surface area (Å²) in [6.45, 7) is 2.48. The smallest absolute Gasteiger partial charge is 0.243 e. The van der Waals surface area contributed by atoms with Crippen LogP contribution in [0.4, 0.5) is 0 Å². The Balaban J connectivity index is 1.62. The van der Waals surface area contributed by atoms with Crippen LogP contribution in [0, 0.1) is 0 Å². The number of amides is 1. The number of nitrogens with zero attached hydrogens (tertiary/aromatic N) is 3. The fraction of sp³-hybridized carbons (Fsp3) is 0.458. The molecule has 1 unspecified atom stereocenters. The normalized spacial score (nSPS) is 20.8. The van der Waals surface area contributed by atoms with Crippen molar-refractivity contribution in [2.24, 2.45) is 0 Å². The number of hydrogen-bond acceptors (Lipinski definition) is 3. The first-order valence-corrected chi connectivity index (χ1v) is 10.3. The molecule has 0 saturated carbocycles. The Morgan fingerprint density at radius 2 is 1.61 bits per heavy atom. The second-order valence-electron chi connectivity index (χ2n) is 8.65. The maximum atomic E-state index is 13.9. The molecule has 1 heterocycles. The van der Waals surface area contributed by atoms with Crippen molar-refractivity contribution >= 4 is 5.91 Å². The summed E-state index contributed by atoms with van der Waals surface area (Å²) in [5.41, 5.74) is 3.40. The van der Waals surface area contributed by atoms with Crippen LogP contribution >= 0.6 is 0 Å². The van der Waals surface area contributed by atoms with E-state index in [1.165, 1.54) is 16.7 Å². The molecule has 2 aromatic carbocycles. The number of rotatable bonds is 5. The molecule has 1 aliphatic carbocycles. The summed E-state index contributed by atoms with van der Waals surface area (Å²) in [6, 6.07) is 19.5. The summed E-state index contributed by atoms with van der Waals surface area (Å²) < 4.78 is 0. The second-order valence-corrected chi connectivity index (χ2v) is 8.65. The third kappa shape index (κ3) is 3.47. The summed E-state index contributed by atoms with van der Waals surface area (Å²) >= 11 is 0. The minimum Gasteiger partial charge on any atom is -0.339 e. The fourth-order valence-electron chi connectivity index (χ4n) is 4.83. The first-order chi connectivity index (χ1) is 13.5. The first-order valence-electron chi connectivity index (χ1n) is 10.3. The van der Waals surface area contributed by atoms with Gasteiger partial charge in [0.2, 0.25) is 5.91 Å². The molecule has 4 nitrogen and oxygen atoms in total. The lowest BCUT2D eigenvalue weighted by atomic mass is 9.91. The van der Waals surface area contributed by atoms with Crippen LogP contribution in [0.25, 0.3) is 0 Å². The molecule has 0 N–H and O–H groups in total. The summed E-state index contributed by atoms with van der Waals surface area (Å²) in [7, 11) is 6.35. The fourth-order valence-corrected chi connectivity index (χ4v) is 4.83. The highest BCUT2D eigenvalue weighted by atomic mass is 16.2. The highest BCUT2D eigenvalue weighted by molar-refractivity contribution is 5.88. The van der Waals surface area contributed by atoms with Crippen molar-refractivity contribution in [1.29, 1.82) is 0 Å². The van der Waals surface area contributed by atoms with Gasteiger partial charge < -0.3 is 9.80 Å². The highest BCUT2D eigenvalue weighted by Gasteiger charge is 2.49. The van der Waals surface area contributed by atoms with Gasteiger partial charge in [-0.25, -0.2) is 0 Å². The molecule has 28 heavy (non-hydrogen) atoms. The van der Waals surface area contributed by atoms with E-state index < -0.39 is 5.54 Å². The molecule has 0 spiro atoms. The maximum absolute atomic E-state index is 13.9. The minimum atomic E-state index is -0.485. The maximum Gasteiger partial charge on any atom is 0.243 e. The van der Waals surface area contributed by atoms with Crippen molar-refractivity contribution in [2.75, 3.05) is 34.2 Å². The molecule has 1 fully saturated rings. The van der Waals surface area contributed by atoms with Crippen LogP contribution in [0.5, 0.6) is 0 Å². The average molecular weight is 378 g/mol. The van der Waals surface area contributed by atoms with E-state index in [9.17, 15) is 4.79 Å². The van der Waals surface area contributed by atoms with Gasteiger partial charge in [-0.3, -0.25) is 9.69 Å². The molecule has 0 aromatic heterocycles. The van der Waals surface area contributed by atoms with E-state index in [4.69, 9.17) is 0 Å². The van der Waals surface area contributed by atoms with E-state index >= 15 is 0 Å². The van der Waals surface area contributed by atoms with Crippen molar-refractivity contribution < 1.29 is 4.79 Å². The van der Waals surface area contributed by atoms with Crippen molar-refractivity contribution in [3.05, 3.63) is 71.3 Å². The van der Waals surface area contributed by atoms with Crippen LogP contribution in [0.1, 0.15) is 23.1 Å². The lowest BCUT2D eigenvalue weighted by Crippen LogP contribution is -2.59. The van der Waals surface area contributed by atoms with E-state index in [0.717, 1.165) is 38.9 Å². The van der Waals surface area contributed by atoms with Crippen LogP contribution in [-0.2, 0) is 24.2 Å². The van der Waals surface area contributed by atoms with Gasteiger partial charge in [0.15, 0.2) is 0 Å². The lowest BCUT2D eigenvalue weighted by molar-refractivity contribution is -0.143. The molecule has 1 atom stereocenters. The predicted molar refractivity (Wildman–Crippen MR) is 113 cm³/mol. The summed E-state index contributed by atoms with van der Waals surface area (Å²) in [4.78, 5) is 20.6. The van der Waals surface area contributed by atoms with Crippen LogP contribution < -0.4 is 0 Å². The molecule has 1 aliphatic heterocycles. The van der Waals surface area contributed by atoms with Crippen molar-refractivity contribution in [1.82, 2.24) is 14.7 Å². The van der Waals surface area contributed by atoms with Gasteiger partial charge in [0, 0.05) is 38.5 Å². The number of hydrogen-bond donors (Lipinski definition) is 0. The van der Waals surface area contributed by atoms with Gasteiger partial charge in [-0.05, 0) is 44.3 Å². The zero-order valence-electron chi connectivity index (χ0n) is 17.3. The molecular weight excluding hydrogens is 346 g/mol. The van der Waals surface area contributed by atoms with Crippen LogP contribution in [0.3, 0.4) is 0 Å². The summed E-state index contributed by atoms with van der Waals surface area (Å²) in [5, 5.41) is 0. The minimum absolute atomic E-state index is 0.298. The Labute approximate surface area is 168 Å². The molecule has 2 aromatic rings. The SMILES string of the molecule is CN(C)C1CCN(C(=O)C2(N(C)Cc3ccccc3)Cc3ccccc3C2)C1. The van der Waals surface area contributed by atoms with E-state index in [2.05, 4.69) is 84.4 Å². The molecule has 1 saturated heterocycles. The number of likely N-dealkylation sites (N-methyl/N-ethyl adjacent to an activating group) is 2. The Morgan fingerprint density at radius 3 is 2.18 bits per heavy atom. The van der Waals surface area contributed by atoms with Crippen molar-refractivity contribution in [3.8, 4) is 0 Å². The summed E-state index contributed by atoms with van der Waals surface area (Å²) in [5.74, 6) is 0.298. The third-order valence-corrected chi connectivity index (χ3v) is 6.66. The van der Waals surface area contributed by atoms with E-state index in [1.54, 1.807) is 0 Å². The van der Waals surface area contributed by atoms with Crippen LogP contribution in [-0.4, -0.2) is 66.4 Å². The summed E-state index contributed by atoms with van der Waals surface area (Å²) in [6.07, 6.45) is 2.66. The average Bonchev–Trinajstić information content (AvgIpc) is 3.34. The van der Waals surface area contributed by atoms with E-state index in [1.807, 2.05) is 6.07 Å². The van der Waals surface area contributed by atoms with Gasteiger partial charge in [-0.1, -0.05) is 54.6 Å². The predicted octanol–water partition coefficient (Wildman–Crippen LogP) is 2.82. The Hall–Kier alpha value is -2.17. The highest BCUT2D eigenvalue weighted by Crippen LogP contribution is 2.37. The molecule has 2 aliphatic rings. The molecule has 1 amide bonds. The second kappa shape index (κ2) is 7.69. The Bertz CT molecular complexity index is 808. The molecule has 4 heteroatoms. The zero-order valence-corrected chi connectivity index (χ0v) is 17.3. The zero-order chi connectivity index (χ0) is 19.7. The molecule has 0 radical (unpaired) electrons. The van der Waals surface area contributed by atoms with Gasteiger partial charge in [-0.2, -0.15) is 0 Å². The van der Waals surface area contributed by atoms with Gasteiger partial charge in [0.25, 0.3) is 0 Å². The number of carbonyl (C=O) groups is 1. The topological polar surface area (TPSA) is 26.8 Å². The van der Waals surface area contributed by atoms with Gasteiger partial charge in [0.1, 0.15) is 5.54 Å². The number of likely N-dealkylation sites (tertiary alicyclic amines) is 1. The molecular formula is C24H31N3O. The van der Waals surface area contributed by atoms with Gasteiger partial charge in [0.05, 0.1) is 0 Å². The molecule has 4 rings (SSSR count). The quantitative estimate of drug-likeness (QED) is 0.802. The molecule has 148 valence electrons. The Morgan fingerprint density at radius 1 is 1.00 bits per heavy atom. The number of fused-ring (bicyclic) bond motifs is 1. The van der Waals surface area contributed by atoms with Crippen molar-refractivity contribution in [3.63, 3.8) is 0 Å².